The van der Waals surface area contributed by atoms with Crippen LogP contribution in [0.5, 0.6) is 0 Å². The molecule has 0 bridgehead atoms. The zero-order valence-corrected chi connectivity index (χ0v) is 4.98. The van der Waals surface area contributed by atoms with Crippen molar-refractivity contribution in [2.24, 2.45) is 0 Å². The summed E-state index contributed by atoms with van der Waals surface area (Å²) in [6.07, 6.45) is 0.792. The van der Waals surface area contributed by atoms with Crippen LogP contribution in [0.3, 0.4) is 0 Å². The van der Waals surface area contributed by atoms with E-state index in [1.165, 1.54) is 0 Å². The van der Waals surface area contributed by atoms with Crippen LogP contribution in [0.4, 0.5) is 0 Å². The summed E-state index contributed by atoms with van der Waals surface area (Å²) < 4.78 is 0. The summed E-state index contributed by atoms with van der Waals surface area (Å²) in [6.45, 7) is 2.23. The van der Waals surface area contributed by atoms with Gasteiger partial charge in [-0.15, -0.1) is 0 Å². The van der Waals surface area contributed by atoms with Crippen molar-refractivity contribution >= 4 is 0 Å². The highest BCUT2D eigenvalue weighted by atomic mass is 16.3. The Hall–Kier alpha value is -0.120. The highest BCUT2D eigenvalue weighted by Gasteiger charge is 1.81. The van der Waals surface area contributed by atoms with E-state index in [4.69, 9.17) is 10.8 Å². The maximum Gasteiger partial charge on any atom is 0.0443 e. The minimum absolute atomic E-state index is 0.241. The molecule has 3 nitrogen and oxygen atoms in total. The Morgan fingerprint density at radius 3 is 2.62 bits per heavy atom. The van der Waals surface area contributed by atoms with E-state index in [0.29, 0.717) is 6.54 Å². The van der Waals surface area contributed by atoms with Crippen LogP contribution in [-0.2, 0) is 0 Å². The van der Waals surface area contributed by atoms with Crippen molar-refractivity contribution in [3.8, 4) is 0 Å². The Bertz CT molecular complexity index is 35.4. The lowest BCUT2D eigenvalue weighted by atomic mass is 10.4. The van der Waals surface area contributed by atoms with Crippen LogP contribution in [0.2, 0.25) is 0 Å². The first-order valence-corrected chi connectivity index (χ1v) is 2.88. The molecular formula is C5H13N2O. The lowest BCUT2D eigenvalue weighted by molar-refractivity contribution is 0.286. The molecular weight excluding hydrogens is 104 g/mol. The van der Waals surface area contributed by atoms with Crippen molar-refractivity contribution in [3.05, 3.63) is 0 Å². The third kappa shape index (κ3) is 5.88. The van der Waals surface area contributed by atoms with Gasteiger partial charge in [0.1, 0.15) is 0 Å². The van der Waals surface area contributed by atoms with Gasteiger partial charge in [-0.25, -0.2) is 0 Å². The van der Waals surface area contributed by atoms with Crippen LogP contribution in [0.25, 0.3) is 0 Å². The minimum Gasteiger partial charge on any atom is -0.396 e. The summed E-state index contributed by atoms with van der Waals surface area (Å²) in [5, 5.41) is 11.3. The fraction of sp³-hybridized carbons (Fsp3) is 1.00. The second-order valence-corrected chi connectivity index (χ2v) is 1.58. The lowest BCUT2D eigenvalue weighted by Crippen LogP contribution is -2.20. The van der Waals surface area contributed by atoms with Gasteiger partial charge in [0.25, 0.3) is 0 Å². The van der Waals surface area contributed by atoms with E-state index in [0.717, 1.165) is 19.5 Å². The maximum absolute atomic E-state index is 8.28. The molecule has 0 saturated heterocycles. The lowest BCUT2D eigenvalue weighted by Gasteiger charge is -1.97. The summed E-state index contributed by atoms with van der Waals surface area (Å²) >= 11 is 0. The van der Waals surface area contributed by atoms with Gasteiger partial charge >= 0.3 is 0 Å². The summed E-state index contributed by atoms with van der Waals surface area (Å²) in [5.41, 5.74) is 6.71. The van der Waals surface area contributed by atoms with Crippen LogP contribution in [-0.4, -0.2) is 31.3 Å². The van der Waals surface area contributed by atoms with Gasteiger partial charge in [0, 0.05) is 19.7 Å². The summed E-state index contributed by atoms with van der Waals surface area (Å²) in [4.78, 5) is 0. The quantitative estimate of drug-likeness (QED) is 0.465. The topological polar surface area (TPSA) is 56.1 Å². The predicted molar refractivity (Wildman–Crippen MR) is 32.5 cm³/mol. The predicted octanol–water partition coefficient (Wildman–Crippen LogP) is -0.759. The van der Waals surface area contributed by atoms with E-state index in [-0.39, 0.29) is 6.61 Å². The smallest absolute Gasteiger partial charge is 0.0443 e. The van der Waals surface area contributed by atoms with Crippen LogP contribution in [0, 0.1) is 0 Å². The molecule has 0 atom stereocenters. The second-order valence-electron chi connectivity index (χ2n) is 1.58. The average molecular weight is 117 g/mol. The van der Waals surface area contributed by atoms with E-state index in [1.807, 2.05) is 0 Å². The molecule has 3 N–H and O–H groups in total. The molecule has 0 unspecified atom stereocenters. The third-order valence-electron chi connectivity index (χ3n) is 0.813. The van der Waals surface area contributed by atoms with E-state index >= 15 is 0 Å². The van der Waals surface area contributed by atoms with E-state index < -0.39 is 0 Å². The Labute approximate surface area is 49.9 Å². The van der Waals surface area contributed by atoms with Gasteiger partial charge in [-0.05, 0) is 13.0 Å². The average Bonchev–Trinajstić information content (AvgIpc) is 1.81. The zero-order chi connectivity index (χ0) is 6.24. The summed E-state index contributed by atoms with van der Waals surface area (Å²) in [7, 11) is 0. The molecule has 0 aromatic rings. The first-order valence-electron chi connectivity index (χ1n) is 2.88. The number of nitrogens with one attached hydrogen (secondary N) is 2. The van der Waals surface area contributed by atoms with Gasteiger partial charge in [0.15, 0.2) is 0 Å². The molecule has 0 heterocycles. The van der Waals surface area contributed by atoms with Crippen molar-refractivity contribution < 1.29 is 5.11 Å². The summed E-state index contributed by atoms with van der Waals surface area (Å²) in [6, 6.07) is 0. The Kier molecular flexibility index (Phi) is 6.78. The molecule has 49 valence electrons. The molecule has 8 heavy (non-hydrogen) atoms. The molecule has 0 aliphatic rings. The second kappa shape index (κ2) is 6.88. The molecule has 0 saturated carbocycles. The SMILES string of the molecule is [NH]CCNCCCO. The molecule has 0 amide bonds. The van der Waals surface area contributed by atoms with E-state index in [2.05, 4.69) is 5.32 Å². The number of hydrogen-bond acceptors (Lipinski definition) is 2. The molecule has 0 spiro atoms. The molecule has 0 rings (SSSR count). The van der Waals surface area contributed by atoms with Crippen LogP contribution < -0.4 is 11.1 Å². The Morgan fingerprint density at radius 2 is 2.12 bits per heavy atom. The first kappa shape index (κ1) is 7.88. The standard InChI is InChI=1S/C5H13N2O/c6-2-4-7-3-1-5-8/h6-8H,1-5H2. The monoisotopic (exact) mass is 117 g/mol. The van der Waals surface area contributed by atoms with Gasteiger partial charge in [-0.1, -0.05) is 0 Å². The van der Waals surface area contributed by atoms with Crippen molar-refractivity contribution in [1.82, 2.24) is 11.1 Å². The van der Waals surface area contributed by atoms with E-state index in [1.54, 1.807) is 0 Å². The fourth-order valence-corrected chi connectivity index (χ4v) is 0.417. The number of aliphatic hydroxyl groups excluding tert-OH is 1. The number of aliphatic hydroxyl groups is 1. The molecule has 0 aromatic carbocycles. The van der Waals surface area contributed by atoms with Gasteiger partial charge in [-0.2, -0.15) is 0 Å². The largest absolute Gasteiger partial charge is 0.396 e. The first-order chi connectivity index (χ1) is 3.91. The highest BCUT2D eigenvalue weighted by Crippen LogP contribution is 1.68. The highest BCUT2D eigenvalue weighted by molar-refractivity contribution is 4.44. The molecule has 3 heteroatoms. The third-order valence-corrected chi connectivity index (χ3v) is 0.813. The Balaban J connectivity index is 2.53. The molecule has 1 radical (unpaired) electrons. The van der Waals surface area contributed by atoms with Gasteiger partial charge < -0.3 is 10.4 Å². The van der Waals surface area contributed by atoms with Crippen LogP contribution in [0.1, 0.15) is 6.42 Å². The maximum atomic E-state index is 8.28. The molecule has 0 aromatic heterocycles. The van der Waals surface area contributed by atoms with E-state index in [9.17, 15) is 0 Å². The van der Waals surface area contributed by atoms with Gasteiger partial charge in [0.2, 0.25) is 0 Å². The van der Waals surface area contributed by atoms with Crippen molar-refractivity contribution in [2.75, 3.05) is 26.2 Å². The fourth-order valence-electron chi connectivity index (χ4n) is 0.417. The number of hydrogen-bond donors (Lipinski definition) is 2. The normalized spacial score (nSPS) is 9.75. The zero-order valence-electron chi connectivity index (χ0n) is 4.98. The van der Waals surface area contributed by atoms with Crippen LogP contribution in [0.15, 0.2) is 0 Å². The minimum atomic E-state index is 0.241. The molecule has 0 fully saturated rings. The number of rotatable bonds is 5. The van der Waals surface area contributed by atoms with Gasteiger partial charge in [-0.3, -0.25) is 5.73 Å². The molecule has 0 aliphatic heterocycles. The van der Waals surface area contributed by atoms with Crippen molar-refractivity contribution in [3.63, 3.8) is 0 Å². The van der Waals surface area contributed by atoms with Gasteiger partial charge in [0.05, 0.1) is 0 Å². The van der Waals surface area contributed by atoms with Crippen LogP contribution >= 0.6 is 0 Å². The van der Waals surface area contributed by atoms with Crippen molar-refractivity contribution in [1.29, 1.82) is 0 Å². The summed E-state index contributed by atoms with van der Waals surface area (Å²) in [5.74, 6) is 0. The molecule has 0 aliphatic carbocycles. The van der Waals surface area contributed by atoms with Crippen molar-refractivity contribution in [2.45, 2.75) is 6.42 Å². The Morgan fingerprint density at radius 1 is 1.38 bits per heavy atom.